The van der Waals surface area contributed by atoms with E-state index in [0.29, 0.717) is 30.3 Å². The van der Waals surface area contributed by atoms with Crippen molar-refractivity contribution < 1.29 is 19.1 Å². The van der Waals surface area contributed by atoms with Gasteiger partial charge in [-0.15, -0.1) is 0 Å². The number of carbonyl (C=O) groups is 2. The molecule has 142 valence electrons. The molecule has 6 heteroatoms. The number of nitrogens with one attached hydrogen (secondary N) is 1. The smallest absolute Gasteiger partial charge is 0.229 e. The van der Waals surface area contributed by atoms with Crippen LogP contribution in [-0.4, -0.2) is 37.5 Å². The Hall–Kier alpha value is -3.02. The number of anilines is 1. The van der Waals surface area contributed by atoms with Crippen LogP contribution in [0.3, 0.4) is 0 Å². The van der Waals surface area contributed by atoms with Crippen molar-refractivity contribution in [3.05, 3.63) is 53.6 Å². The van der Waals surface area contributed by atoms with E-state index in [1.807, 2.05) is 25.1 Å². The summed E-state index contributed by atoms with van der Waals surface area (Å²) < 4.78 is 10.5. The molecule has 0 radical (unpaired) electrons. The number of ether oxygens (including phenoxy) is 2. The highest BCUT2D eigenvalue weighted by molar-refractivity contribution is 5.98. The fraction of sp³-hybridized carbons (Fsp3) is 0.333. The lowest BCUT2D eigenvalue weighted by Crippen LogP contribution is -2.28. The van der Waals surface area contributed by atoms with Crippen molar-refractivity contribution in [2.75, 3.05) is 26.1 Å². The second-order valence-corrected chi connectivity index (χ2v) is 6.72. The summed E-state index contributed by atoms with van der Waals surface area (Å²) in [6.45, 7) is 2.96. The molecule has 1 heterocycles. The lowest BCUT2D eigenvalue weighted by Gasteiger charge is -2.17. The number of aryl methyl sites for hydroxylation is 1. The van der Waals surface area contributed by atoms with Crippen LogP contribution in [0.25, 0.3) is 0 Å². The first kappa shape index (κ1) is 18.8. The number of hydrogen-bond acceptors (Lipinski definition) is 4. The van der Waals surface area contributed by atoms with Gasteiger partial charge in [-0.1, -0.05) is 29.8 Å². The maximum absolute atomic E-state index is 12.7. The van der Waals surface area contributed by atoms with Crippen molar-refractivity contribution in [3.63, 3.8) is 0 Å². The molecule has 0 spiro atoms. The van der Waals surface area contributed by atoms with Gasteiger partial charge in [0.05, 0.1) is 25.8 Å². The van der Waals surface area contributed by atoms with E-state index in [0.717, 1.165) is 11.1 Å². The number of hydrogen-bond donors (Lipinski definition) is 1. The van der Waals surface area contributed by atoms with Gasteiger partial charge in [-0.05, 0) is 24.6 Å². The molecule has 1 atom stereocenters. The molecule has 1 aliphatic heterocycles. The Balaban J connectivity index is 1.65. The summed E-state index contributed by atoms with van der Waals surface area (Å²) in [5.41, 5.74) is 2.79. The van der Waals surface area contributed by atoms with Crippen LogP contribution in [0.2, 0.25) is 0 Å². The molecule has 2 amide bonds. The Morgan fingerprint density at radius 2 is 2.00 bits per heavy atom. The highest BCUT2D eigenvalue weighted by Crippen LogP contribution is 2.30. The van der Waals surface area contributed by atoms with Gasteiger partial charge in [0.25, 0.3) is 0 Å². The third-order valence-corrected chi connectivity index (χ3v) is 4.71. The third-order valence-electron chi connectivity index (χ3n) is 4.71. The van der Waals surface area contributed by atoms with Gasteiger partial charge in [0.2, 0.25) is 11.8 Å². The third kappa shape index (κ3) is 4.39. The van der Waals surface area contributed by atoms with Crippen LogP contribution in [0, 0.1) is 12.8 Å². The first-order valence-electron chi connectivity index (χ1n) is 8.86. The first-order valence-corrected chi connectivity index (χ1v) is 8.86. The quantitative estimate of drug-likeness (QED) is 0.851. The van der Waals surface area contributed by atoms with E-state index >= 15 is 0 Å². The molecule has 0 bridgehead atoms. The van der Waals surface area contributed by atoms with Crippen molar-refractivity contribution >= 4 is 17.5 Å². The van der Waals surface area contributed by atoms with Crippen molar-refractivity contribution in [1.29, 1.82) is 0 Å². The van der Waals surface area contributed by atoms with Crippen LogP contribution in [0.15, 0.2) is 42.5 Å². The molecule has 6 nitrogen and oxygen atoms in total. The standard InChI is InChI=1S/C21H24N2O4/c1-14-5-4-6-15(9-14)12-23-13-16(10-20(23)24)21(25)22-18-8-7-17(26-2)11-19(18)27-3/h4-9,11,16H,10,12-13H2,1-3H3,(H,22,25). The topological polar surface area (TPSA) is 67.9 Å². The van der Waals surface area contributed by atoms with Crippen molar-refractivity contribution in [3.8, 4) is 11.5 Å². The summed E-state index contributed by atoms with van der Waals surface area (Å²) >= 11 is 0. The zero-order valence-corrected chi connectivity index (χ0v) is 15.8. The number of benzene rings is 2. The lowest BCUT2D eigenvalue weighted by molar-refractivity contribution is -0.128. The Morgan fingerprint density at radius 3 is 2.70 bits per heavy atom. The largest absolute Gasteiger partial charge is 0.497 e. The molecular formula is C21H24N2O4. The summed E-state index contributed by atoms with van der Waals surface area (Å²) in [5.74, 6) is 0.597. The maximum Gasteiger partial charge on any atom is 0.229 e. The SMILES string of the molecule is COc1ccc(NC(=O)C2CC(=O)N(Cc3cccc(C)c3)C2)c(OC)c1. The highest BCUT2D eigenvalue weighted by atomic mass is 16.5. The molecule has 1 unspecified atom stereocenters. The predicted octanol–water partition coefficient (Wildman–Crippen LogP) is 3.00. The van der Waals surface area contributed by atoms with E-state index in [1.54, 1.807) is 30.2 Å². The van der Waals surface area contributed by atoms with Crippen LogP contribution < -0.4 is 14.8 Å². The normalized spacial score (nSPS) is 16.3. The minimum Gasteiger partial charge on any atom is -0.497 e. The molecule has 2 aromatic rings. The molecule has 1 N–H and O–H groups in total. The summed E-state index contributed by atoms with van der Waals surface area (Å²) in [6.07, 6.45) is 0.218. The number of methoxy groups -OCH3 is 2. The first-order chi connectivity index (χ1) is 13.0. The minimum atomic E-state index is -0.380. The van der Waals surface area contributed by atoms with Crippen molar-refractivity contribution in [2.45, 2.75) is 19.9 Å². The van der Waals surface area contributed by atoms with E-state index in [4.69, 9.17) is 9.47 Å². The van der Waals surface area contributed by atoms with Crippen LogP contribution >= 0.6 is 0 Å². The number of carbonyl (C=O) groups excluding carboxylic acids is 2. The van der Waals surface area contributed by atoms with Crippen LogP contribution in [0.1, 0.15) is 17.5 Å². The fourth-order valence-corrected chi connectivity index (χ4v) is 3.27. The molecule has 1 saturated heterocycles. The van der Waals surface area contributed by atoms with Gasteiger partial charge in [-0.2, -0.15) is 0 Å². The zero-order valence-electron chi connectivity index (χ0n) is 15.8. The number of nitrogens with zero attached hydrogens (tertiary/aromatic N) is 1. The van der Waals surface area contributed by atoms with Gasteiger partial charge in [-0.3, -0.25) is 9.59 Å². The highest BCUT2D eigenvalue weighted by Gasteiger charge is 2.34. The number of likely N-dealkylation sites (tertiary alicyclic amines) is 1. The average molecular weight is 368 g/mol. The van der Waals surface area contributed by atoms with E-state index in [2.05, 4.69) is 11.4 Å². The Morgan fingerprint density at radius 1 is 1.19 bits per heavy atom. The zero-order chi connectivity index (χ0) is 19.4. The van der Waals surface area contributed by atoms with Gasteiger partial charge in [0.15, 0.2) is 0 Å². The minimum absolute atomic E-state index is 0.00153. The van der Waals surface area contributed by atoms with Crippen molar-refractivity contribution in [1.82, 2.24) is 4.90 Å². The fourth-order valence-electron chi connectivity index (χ4n) is 3.27. The van der Waals surface area contributed by atoms with E-state index < -0.39 is 0 Å². The predicted molar refractivity (Wildman–Crippen MR) is 103 cm³/mol. The molecule has 0 saturated carbocycles. The second kappa shape index (κ2) is 8.12. The second-order valence-electron chi connectivity index (χ2n) is 6.72. The molecule has 0 aliphatic carbocycles. The summed E-state index contributed by atoms with van der Waals surface area (Å²) in [5, 5.41) is 2.87. The lowest BCUT2D eigenvalue weighted by atomic mass is 10.1. The molecular weight excluding hydrogens is 344 g/mol. The maximum atomic E-state index is 12.7. The molecule has 1 fully saturated rings. The Labute approximate surface area is 159 Å². The van der Waals surface area contributed by atoms with Crippen LogP contribution in [0.4, 0.5) is 5.69 Å². The van der Waals surface area contributed by atoms with Gasteiger partial charge < -0.3 is 19.7 Å². The average Bonchev–Trinajstić information content (AvgIpc) is 3.02. The van der Waals surface area contributed by atoms with Crippen molar-refractivity contribution in [2.24, 2.45) is 5.92 Å². The van der Waals surface area contributed by atoms with Gasteiger partial charge in [-0.25, -0.2) is 0 Å². The number of rotatable bonds is 6. The van der Waals surface area contributed by atoms with Crippen LogP contribution in [-0.2, 0) is 16.1 Å². The van der Waals surface area contributed by atoms with Crippen LogP contribution in [0.5, 0.6) is 11.5 Å². The molecule has 27 heavy (non-hydrogen) atoms. The van der Waals surface area contributed by atoms with E-state index in [9.17, 15) is 9.59 Å². The monoisotopic (exact) mass is 368 g/mol. The van der Waals surface area contributed by atoms with E-state index in [1.165, 1.54) is 7.11 Å². The molecule has 2 aromatic carbocycles. The van der Waals surface area contributed by atoms with Gasteiger partial charge in [0, 0.05) is 25.6 Å². The Kier molecular flexibility index (Phi) is 5.64. The summed E-state index contributed by atoms with van der Waals surface area (Å²) in [6, 6.07) is 13.2. The summed E-state index contributed by atoms with van der Waals surface area (Å²) in [7, 11) is 3.10. The van der Waals surface area contributed by atoms with Gasteiger partial charge in [0.1, 0.15) is 11.5 Å². The molecule has 3 rings (SSSR count). The molecule has 0 aromatic heterocycles. The molecule has 1 aliphatic rings. The summed E-state index contributed by atoms with van der Waals surface area (Å²) in [4.78, 5) is 26.7. The van der Waals surface area contributed by atoms with E-state index in [-0.39, 0.29) is 24.2 Å². The van der Waals surface area contributed by atoms with Gasteiger partial charge >= 0.3 is 0 Å². The number of amides is 2. The Bertz CT molecular complexity index is 850.